The minimum Gasteiger partial charge on any atom is -0.327 e. The van der Waals surface area contributed by atoms with Gasteiger partial charge in [-0.05, 0) is 18.4 Å². The Hall–Kier alpha value is -1.68. The van der Waals surface area contributed by atoms with E-state index in [1.165, 1.54) is 24.8 Å². The smallest absolute Gasteiger partial charge is 0.0842 e. The molecule has 0 aliphatic heterocycles. The molecule has 4 nitrogen and oxygen atoms in total. The first kappa shape index (κ1) is 12.4. The first-order chi connectivity index (χ1) is 9.21. The fourth-order valence-corrected chi connectivity index (χ4v) is 3.11. The lowest BCUT2D eigenvalue weighted by atomic mass is 9.59. The quantitative estimate of drug-likeness (QED) is 0.907. The molecule has 100 valence electrons. The van der Waals surface area contributed by atoms with Crippen LogP contribution in [-0.4, -0.2) is 21.0 Å². The summed E-state index contributed by atoms with van der Waals surface area (Å²) >= 11 is 0. The van der Waals surface area contributed by atoms with Crippen molar-refractivity contribution in [3.05, 3.63) is 47.8 Å². The molecule has 0 bridgehead atoms. The van der Waals surface area contributed by atoms with Crippen LogP contribution in [0.2, 0.25) is 0 Å². The van der Waals surface area contributed by atoms with Crippen molar-refractivity contribution in [1.29, 1.82) is 0 Å². The maximum Gasteiger partial charge on any atom is 0.0842 e. The van der Waals surface area contributed by atoms with Crippen LogP contribution in [0.4, 0.5) is 0 Å². The minimum absolute atomic E-state index is 0.111. The number of aromatic nitrogens is 3. The van der Waals surface area contributed by atoms with Crippen molar-refractivity contribution in [3.8, 4) is 0 Å². The van der Waals surface area contributed by atoms with Crippen molar-refractivity contribution in [1.82, 2.24) is 15.0 Å². The zero-order valence-corrected chi connectivity index (χ0v) is 11.3. The maximum atomic E-state index is 6.51. The number of nitrogens with two attached hydrogens (primary N) is 1. The van der Waals surface area contributed by atoms with E-state index < -0.39 is 0 Å². The molecule has 1 heterocycles. The summed E-state index contributed by atoms with van der Waals surface area (Å²) in [7, 11) is 1.89. The van der Waals surface area contributed by atoms with Gasteiger partial charge >= 0.3 is 0 Å². The lowest BCUT2D eigenvalue weighted by Crippen LogP contribution is -2.51. The van der Waals surface area contributed by atoms with E-state index in [2.05, 4.69) is 40.6 Å². The van der Waals surface area contributed by atoms with E-state index in [0.29, 0.717) is 0 Å². The van der Waals surface area contributed by atoms with Crippen LogP contribution in [0.1, 0.15) is 30.5 Å². The zero-order chi connectivity index (χ0) is 13.3. The number of rotatable bonds is 4. The van der Waals surface area contributed by atoms with E-state index in [0.717, 1.165) is 12.1 Å². The Morgan fingerprint density at radius 1 is 1.32 bits per heavy atom. The zero-order valence-electron chi connectivity index (χ0n) is 11.3. The highest BCUT2D eigenvalue weighted by molar-refractivity contribution is 5.31. The summed E-state index contributed by atoms with van der Waals surface area (Å²) < 4.78 is 1.73. The molecule has 1 aromatic carbocycles. The molecule has 1 fully saturated rings. The largest absolute Gasteiger partial charge is 0.327 e. The van der Waals surface area contributed by atoms with Gasteiger partial charge in [-0.1, -0.05) is 42.0 Å². The Labute approximate surface area is 113 Å². The van der Waals surface area contributed by atoms with Crippen LogP contribution in [0.15, 0.2) is 36.5 Å². The number of nitrogens with zero attached hydrogens (tertiary/aromatic N) is 3. The number of aryl methyl sites for hydroxylation is 1. The van der Waals surface area contributed by atoms with Crippen molar-refractivity contribution in [2.24, 2.45) is 12.8 Å². The van der Waals surface area contributed by atoms with Crippen molar-refractivity contribution in [2.45, 2.75) is 37.1 Å². The molecule has 1 aromatic heterocycles. The third kappa shape index (κ3) is 2.16. The predicted octanol–water partition coefficient (Wildman–Crippen LogP) is 1.81. The van der Waals surface area contributed by atoms with Crippen molar-refractivity contribution < 1.29 is 0 Å². The van der Waals surface area contributed by atoms with Crippen LogP contribution in [0.3, 0.4) is 0 Å². The first-order valence-electron chi connectivity index (χ1n) is 6.87. The van der Waals surface area contributed by atoms with Gasteiger partial charge in [0.2, 0.25) is 0 Å². The molecule has 0 spiro atoms. The highest BCUT2D eigenvalue weighted by Crippen LogP contribution is 2.46. The summed E-state index contributed by atoms with van der Waals surface area (Å²) in [5.41, 5.74) is 9.00. The summed E-state index contributed by atoms with van der Waals surface area (Å²) in [5.74, 6) is 0. The molecule has 1 aliphatic carbocycles. The van der Waals surface area contributed by atoms with Gasteiger partial charge in [-0.2, -0.15) is 0 Å². The molecular formula is C15H20N4. The van der Waals surface area contributed by atoms with Gasteiger partial charge in [0.25, 0.3) is 0 Å². The van der Waals surface area contributed by atoms with Gasteiger partial charge in [-0.15, -0.1) is 5.10 Å². The van der Waals surface area contributed by atoms with Gasteiger partial charge in [0.15, 0.2) is 0 Å². The second kappa shape index (κ2) is 4.78. The monoisotopic (exact) mass is 256 g/mol. The molecule has 2 N–H and O–H groups in total. The van der Waals surface area contributed by atoms with E-state index in [1.54, 1.807) is 4.68 Å². The molecule has 0 saturated heterocycles. The molecule has 1 saturated carbocycles. The van der Waals surface area contributed by atoms with E-state index in [1.807, 2.05) is 13.2 Å². The van der Waals surface area contributed by atoms with Crippen LogP contribution >= 0.6 is 0 Å². The predicted molar refractivity (Wildman–Crippen MR) is 74.7 cm³/mol. The van der Waals surface area contributed by atoms with Crippen molar-refractivity contribution in [2.75, 3.05) is 0 Å². The molecule has 0 radical (unpaired) electrons. The number of hydrogen-bond donors (Lipinski definition) is 1. The summed E-state index contributed by atoms with van der Waals surface area (Å²) in [6.45, 7) is 0. The molecule has 0 amide bonds. The Kier molecular flexibility index (Phi) is 3.11. The van der Waals surface area contributed by atoms with E-state index in [-0.39, 0.29) is 11.5 Å². The molecule has 19 heavy (non-hydrogen) atoms. The van der Waals surface area contributed by atoms with Gasteiger partial charge in [0.1, 0.15) is 0 Å². The van der Waals surface area contributed by atoms with Crippen molar-refractivity contribution >= 4 is 0 Å². The Bertz CT molecular complexity index is 542. The lowest BCUT2D eigenvalue weighted by molar-refractivity contribution is 0.193. The normalized spacial score (nSPS) is 18.8. The second-order valence-corrected chi connectivity index (χ2v) is 5.57. The average Bonchev–Trinajstić information content (AvgIpc) is 2.75. The van der Waals surface area contributed by atoms with Crippen LogP contribution in [0.25, 0.3) is 0 Å². The first-order valence-corrected chi connectivity index (χ1v) is 6.87. The van der Waals surface area contributed by atoms with Gasteiger partial charge in [0.05, 0.1) is 5.69 Å². The van der Waals surface area contributed by atoms with E-state index in [4.69, 9.17) is 5.73 Å². The molecule has 2 aromatic rings. The highest BCUT2D eigenvalue weighted by Gasteiger charge is 2.43. The van der Waals surface area contributed by atoms with Crippen LogP contribution in [-0.2, 0) is 18.9 Å². The van der Waals surface area contributed by atoms with Crippen LogP contribution in [0.5, 0.6) is 0 Å². The number of benzene rings is 1. The summed E-state index contributed by atoms with van der Waals surface area (Å²) in [5, 5.41) is 8.13. The van der Waals surface area contributed by atoms with Gasteiger partial charge < -0.3 is 5.73 Å². The van der Waals surface area contributed by atoms with E-state index >= 15 is 0 Å². The summed E-state index contributed by atoms with van der Waals surface area (Å²) in [6, 6.07) is 10.8. The SMILES string of the molecule is Cn1cc(CC(N)C2(c3ccccc3)CCC2)nn1. The Morgan fingerprint density at radius 2 is 2.05 bits per heavy atom. The van der Waals surface area contributed by atoms with Crippen molar-refractivity contribution in [3.63, 3.8) is 0 Å². The molecule has 1 atom stereocenters. The maximum absolute atomic E-state index is 6.51. The topological polar surface area (TPSA) is 56.7 Å². The molecule has 1 unspecified atom stereocenters. The van der Waals surface area contributed by atoms with Gasteiger partial charge in [0, 0.05) is 31.1 Å². The number of hydrogen-bond acceptors (Lipinski definition) is 3. The third-order valence-corrected chi connectivity index (χ3v) is 4.38. The molecule has 4 heteroatoms. The van der Waals surface area contributed by atoms with Crippen LogP contribution < -0.4 is 5.73 Å². The van der Waals surface area contributed by atoms with Gasteiger partial charge in [-0.25, -0.2) is 0 Å². The highest BCUT2D eigenvalue weighted by atomic mass is 15.4. The van der Waals surface area contributed by atoms with E-state index in [9.17, 15) is 0 Å². The summed E-state index contributed by atoms with van der Waals surface area (Å²) in [6.07, 6.45) is 6.37. The fourth-order valence-electron chi connectivity index (χ4n) is 3.11. The third-order valence-electron chi connectivity index (χ3n) is 4.38. The lowest BCUT2D eigenvalue weighted by Gasteiger charge is -2.47. The summed E-state index contributed by atoms with van der Waals surface area (Å²) in [4.78, 5) is 0. The Morgan fingerprint density at radius 3 is 2.58 bits per heavy atom. The molecule has 1 aliphatic rings. The second-order valence-electron chi connectivity index (χ2n) is 5.57. The standard InChI is InChI=1S/C15H20N4/c1-19-11-13(17-18-19)10-14(16)15(8-5-9-15)12-6-3-2-4-7-12/h2-4,6-7,11,14H,5,8-10,16H2,1H3. The van der Waals surface area contributed by atoms with Crippen LogP contribution in [0, 0.1) is 0 Å². The average molecular weight is 256 g/mol. The molecule has 3 rings (SSSR count). The molecular weight excluding hydrogens is 236 g/mol. The Balaban J connectivity index is 1.82. The fraction of sp³-hybridized carbons (Fsp3) is 0.467. The minimum atomic E-state index is 0.111. The van der Waals surface area contributed by atoms with Gasteiger partial charge in [-0.3, -0.25) is 4.68 Å².